The first-order chi connectivity index (χ1) is 8.35. The summed E-state index contributed by atoms with van der Waals surface area (Å²) in [5, 5.41) is 2.58. The van der Waals surface area contributed by atoms with Gasteiger partial charge in [-0.25, -0.2) is 8.42 Å². The van der Waals surface area contributed by atoms with Crippen molar-refractivity contribution in [2.75, 3.05) is 17.8 Å². The summed E-state index contributed by atoms with van der Waals surface area (Å²) in [6, 6.07) is 5.69. The summed E-state index contributed by atoms with van der Waals surface area (Å²) >= 11 is 0. The van der Waals surface area contributed by atoms with Crippen molar-refractivity contribution in [2.24, 2.45) is 0 Å². The smallest absolute Gasteiger partial charge is 0.236 e. The fourth-order valence-corrected chi connectivity index (χ4v) is 2.74. The summed E-state index contributed by atoms with van der Waals surface area (Å²) in [4.78, 5) is 0. The summed E-state index contributed by atoms with van der Waals surface area (Å²) < 4.78 is 26.8. The second-order valence-electron chi connectivity index (χ2n) is 4.64. The van der Waals surface area contributed by atoms with Crippen LogP contribution in [0.25, 0.3) is 0 Å². The average molecular weight is 270 g/mol. The van der Waals surface area contributed by atoms with E-state index in [2.05, 4.69) is 10.0 Å². The van der Waals surface area contributed by atoms with E-state index in [9.17, 15) is 8.42 Å². The minimum absolute atomic E-state index is 0.455. The summed E-state index contributed by atoms with van der Waals surface area (Å²) in [7, 11) is -3.33. The Labute approximate surface area is 110 Å². The number of aryl methyl sites for hydroxylation is 2. The van der Waals surface area contributed by atoms with E-state index in [1.165, 1.54) is 0 Å². The Morgan fingerprint density at radius 2 is 1.72 bits per heavy atom. The maximum atomic E-state index is 12.1. The van der Waals surface area contributed by atoms with Gasteiger partial charge in [-0.05, 0) is 50.6 Å². The molecule has 1 unspecified atom stereocenters. The van der Waals surface area contributed by atoms with Gasteiger partial charge in [0.15, 0.2) is 0 Å². The van der Waals surface area contributed by atoms with Gasteiger partial charge >= 0.3 is 0 Å². The molecule has 0 aromatic heterocycles. The quantitative estimate of drug-likeness (QED) is 0.831. The van der Waals surface area contributed by atoms with Crippen LogP contribution < -0.4 is 10.0 Å². The minimum atomic E-state index is -3.33. The van der Waals surface area contributed by atoms with Gasteiger partial charge in [-0.2, -0.15) is 0 Å². The van der Waals surface area contributed by atoms with Crippen molar-refractivity contribution in [3.05, 3.63) is 29.3 Å². The Bertz CT molecular complexity index is 477. The topological polar surface area (TPSA) is 58.2 Å². The van der Waals surface area contributed by atoms with E-state index in [4.69, 9.17) is 0 Å². The zero-order chi connectivity index (χ0) is 13.8. The Morgan fingerprint density at radius 1 is 1.17 bits per heavy atom. The lowest BCUT2D eigenvalue weighted by Gasteiger charge is -2.15. The molecule has 0 aliphatic heterocycles. The molecular formula is C13H22N2O2S. The zero-order valence-corrected chi connectivity index (χ0v) is 12.3. The van der Waals surface area contributed by atoms with E-state index < -0.39 is 15.3 Å². The van der Waals surface area contributed by atoms with Crippen molar-refractivity contribution in [1.29, 1.82) is 0 Å². The molecule has 1 rings (SSSR count). The predicted octanol–water partition coefficient (Wildman–Crippen LogP) is 2.04. The van der Waals surface area contributed by atoms with Crippen LogP contribution in [0.5, 0.6) is 0 Å². The molecule has 0 saturated heterocycles. The van der Waals surface area contributed by atoms with Gasteiger partial charge in [0.05, 0.1) is 5.25 Å². The minimum Gasteiger partial charge on any atom is -0.316 e. The van der Waals surface area contributed by atoms with Crippen LogP contribution in [0.4, 0.5) is 5.69 Å². The van der Waals surface area contributed by atoms with Crippen molar-refractivity contribution in [2.45, 2.75) is 32.9 Å². The zero-order valence-electron chi connectivity index (χ0n) is 11.4. The molecular weight excluding hydrogens is 248 g/mol. The van der Waals surface area contributed by atoms with Crippen LogP contribution in [0.1, 0.15) is 25.0 Å². The molecule has 0 heterocycles. The van der Waals surface area contributed by atoms with Crippen molar-refractivity contribution >= 4 is 15.7 Å². The van der Waals surface area contributed by atoms with Crippen LogP contribution in [0, 0.1) is 13.8 Å². The Hall–Kier alpha value is -1.07. The number of sulfonamides is 1. The molecule has 2 N–H and O–H groups in total. The number of hydrogen-bond acceptors (Lipinski definition) is 3. The third kappa shape index (κ3) is 4.31. The molecule has 0 aliphatic carbocycles. The van der Waals surface area contributed by atoms with Crippen LogP contribution in [0.15, 0.2) is 18.2 Å². The maximum absolute atomic E-state index is 12.1. The molecule has 1 aromatic rings. The SMILES string of the molecule is CCNCC(C)S(=O)(=O)Nc1cc(C)cc(C)c1. The molecule has 18 heavy (non-hydrogen) atoms. The van der Waals surface area contributed by atoms with Gasteiger partial charge in [-0.1, -0.05) is 13.0 Å². The molecule has 4 nitrogen and oxygen atoms in total. The van der Waals surface area contributed by atoms with Crippen LogP contribution in [-0.2, 0) is 10.0 Å². The van der Waals surface area contributed by atoms with E-state index in [0.717, 1.165) is 17.7 Å². The van der Waals surface area contributed by atoms with E-state index >= 15 is 0 Å². The second-order valence-corrected chi connectivity index (χ2v) is 6.74. The summed E-state index contributed by atoms with van der Waals surface area (Å²) in [6.07, 6.45) is 0. The first-order valence-corrected chi connectivity index (χ1v) is 7.70. The van der Waals surface area contributed by atoms with E-state index in [1.54, 1.807) is 6.92 Å². The third-order valence-corrected chi connectivity index (χ3v) is 4.44. The normalized spacial score (nSPS) is 13.3. The van der Waals surface area contributed by atoms with E-state index in [1.807, 2.05) is 39.0 Å². The summed E-state index contributed by atoms with van der Waals surface area (Å²) in [5.74, 6) is 0. The Balaban J connectivity index is 2.81. The van der Waals surface area contributed by atoms with E-state index in [-0.39, 0.29) is 0 Å². The first-order valence-electron chi connectivity index (χ1n) is 6.16. The van der Waals surface area contributed by atoms with Crippen molar-refractivity contribution < 1.29 is 8.42 Å². The van der Waals surface area contributed by atoms with Crippen molar-refractivity contribution in [3.63, 3.8) is 0 Å². The van der Waals surface area contributed by atoms with Crippen LogP contribution in [0.3, 0.4) is 0 Å². The van der Waals surface area contributed by atoms with Crippen molar-refractivity contribution in [3.8, 4) is 0 Å². The second kappa shape index (κ2) is 6.20. The highest BCUT2D eigenvalue weighted by atomic mass is 32.2. The van der Waals surface area contributed by atoms with Gasteiger partial charge in [0.1, 0.15) is 0 Å². The monoisotopic (exact) mass is 270 g/mol. The van der Waals surface area contributed by atoms with Gasteiger partial charge in [-0.15, -0.1) is 0 Å². The van der Waals surface area contributed by atoms with Gasteiger partial charge in [-0.3, -0.25) is 4.72 Å². The molecule has 1 atom stereocenters. The number of rotatable bonds is 6. The molecule has 1 aromatic carbocycles. The highest BCUT2D eigenvalue weighted by Gasteiger charge is 2.20. The standard InChI is InChI=1S/C13H22N2O2S/c1-5-14-9-12(4)18(16,17)15-13-7-10(2)6-11(3)8-13/h6-8,12,14-15H,5,9H2,1-4H3. The van der Waals surface area contributed by atoms with E-state index in [0.29, 0.717) is 12.2 Å². The summed E-state index contributed by atoms with van der Waals surface area (Å²) in [5.41, 5.74) is 2.73. The summed E-state index contributed by atoms with van der Waals surface area (Å²) in [6.45, 7) is 8.78. The molecule has 0 radical (unpaired) electrons. The number of anilines is 1. The number of benzene rings is 1. The molecule has 0 spiro atoms. The largest absolute Gasteiger partial charge is 0.316 e. The molecule has 5 heteroatoms. The molecule has 0 fully saturated rings. The molecule has 0 aliphatic rings. The van der Waals surface area contributed by atoms with Gasteiger partial charge in [0, 0.05) is 12.2 Å². The van der Waals surface area contributed by atoms with Crippen molar-refractivity contribution in [1.82, 2.24) is 5.32 Å². The Kier molecular flexibility index (Phi) is 5.16. The highest BCUT2D eigenvalue weighted by molar-refractivity contribution is 7.93. The molecule has 0 amide bonds. The fraction of sp³-hybridized carbons (Fsp3) is 0.538. The van der Waals surface area contributed by atoms with Crippen LogP contribution in [0.2, 0.25) is 0 Å². The lowest BCUT2D eigenvalue weighted by atomic mass is 10.1. The lowest BCUT2D eigenvalue weighted by Crippen LogP contribution is -2.34. The van der Waals surface area contributed by atoms with Gasteiger partial charge in [0.25, 0.3) is 0 Å². The molecule has 102 valence electrons. The third-order valence-electron chi connectivity index (χ3n) is 2.69. The van der Waals surface area contributed by atoms with Crippen LogP contribution in [-0.4, -0.2) is 26.8 Å². The number of hydrogen-bond donors (Lipinski definition) is 2. The van der Waals surface area contributed by atoms with Gasteiger partial charge < -0.3 is 5.32 Å². The lowest BCUT2D eigenvalue weighted by molar-refractivity contribution is 0.579. The maximum Gasteiger partial charge on any atom is 0.236 e. The highest BCUT2D eigenvalue weighted by Crippen LogP contribution is 2.16. The number of nitrogens with one attached hydrogen (secondary N) is 2. The predicted molar refractivity (Wildman–Crippen MR) is 76.5 cm³/mol. The molecule has 0 bridgehead atoms. The fourth-order valence-electron chi connectivity index (χ4n) is 1.76. The van der Waals surface area contributed by atoms with Gasteiger partial charge in [0.2, 0.25) is 10.0 Å². The van der Waals surface area contributed by atoms with Crippen LogP contribution >= 0.6 is 0 Å². The molecule has 0 saturated carbocycles. The first kappa shape index (κ1) is 15.0. The Morgan fingerprint density at radius 3 is 2.22 bits per heavy atom. The average Bonchev–Trinajstić information content (AvgIpc) is 2.23.